The molecule has 0 saturated heterocycles. The molecule has 0 unspecified atom stereocenters. The fraction of sp³-hybridized carbons (Fsp3) is 0.273. The maximum Gasteiger partial charge on any atom is 0.331 e. The highest BCUT2D eigenvalue weighted by Crippen LogP contribution is 2.21. The largest absolute Gasteiger partial charge is 0.507 e. The van der Waals surface area contributed by atoms with Crippen molar-refractivity contribution < 1.29 is 14.7 Å². The Labute approximate surface area is 88.2 Å². The summed E-state index contributed by atoms with van der Waals surface area (Å²) in [6.45, 7) is 4.72. The van der Waals surface area contributed by atoms with Gasteiger partial charge < -0.3 is 9.94 Å². The van der Waals surface area contributed by atoms with Crippen molar-refractivity contribution in [2.24, 2.45) is 5.16 Å². The topological polar surface area (TPSA) is 58.9 Å². The van der Waals surface area contributed by atoms with Gasteiger partial charge in [-0.25, -0.2) is 4.79 Å². The van der Waals surface area contributed by atoms with Gasteiger partial charge in [-0.15, -0.1) is 0 Å². The van der Waals surface area contributed by atoms with Crippen molar-refractivity contribution in [1.82, 2.24) is 0 Å². The van der Waals surface area contributed by atoms with Crippen LogP contribution in [0.3, 0.4) is 0 Å². The van der Waals surface area contributed by atoms with Crippen LogP contribution in [-0.4, -0.2) is 16.8 Å². The predicted octanol–water partition coefficient (Wildman–Crippen LogP) is 1.99. The van der Waals surface area contributed by atoms with E-state index in [1.807, 2.05) is 0 Å². The average Bonchev–Trinajstić information content (AvgIpc) is 2.18. The van der Waals surface area contributed by atoms with Crippen LogP contribution in [0.15, 0.2) is 23.4 Å². The number of phenolic OH excluding ortho intramolecular Hbond substituents is 1. The lowest BCUT2D eigenvalue weighted by molar-refractivity contribution is -0.140. The second-order valence-corrected chi connectivity index (χ2v) is 3.23. The Morgan fingerprint density at radius 1 is 1.40 bits per heavy atom. The number of oxime groups is 1. The summed E-state index contributed by atoms with van der Waals surface area (Å²) < 4.78 is 0. The van der Waals surface area contributed by atoms with E-state index < -0.39 is 5.97 Å². The molecular formula is C11H13NO3. The van der Waals surface area contributed by atoms with Crippen LogP contribution >= 0.6 is 0 Å². The van der Waals surface area contributed by atoms with Crippen LogP contribution < -0.4 is 0 Å². The molecule has 0 aliphatic rings. The lowest BCUT2D eigenvalue weighted by Gasteiger charge is -2.05. The highest BCUT2D eigenvalue weighted by molar-refractivity contribution is 6.01. The summed E-state index contributed by atoms with van der Waals surface area (Å²) >= 11 is 0. The van der Waals surface area contributed by atoms with Gasteiger partial charge in [0.2, 0.25) is 0 Å². The Morgan fingerprint density at radius 3 is 2.67 bits per heavy atom. The maximum absolute atomic E-state index is 10.5. The SMILES string of the molecule is CC(=O)O/N=C(\C)c1cccc(C)c1O. The number of nitrogens with zero attached hydrogens (tertiary/aromatic N) is 1. The van der Waals surface area contributed by atoms with Gasteiger partial charge in [-0.2, -0.15) is 0 Å². The molecule has 0 atom stereocenters. The quantitative estimate of drug-likeness (QED) is 0.458. The van der Waals surface area contributed by atoms with Crippen LogP contribution in [0.1, 0.15) is 25.0 Å². The number of phenols is 1. The lowest BCUT2D eigenvalue weighted by atomic mass is 10.1. The van der Waals surface area contributed by atoms with Crippen LogP contribution in [-0.2, 0) is 9.63 Å². The molecule has 0 amide bonds. The minimum absolute atomic E-state index is 0.158. The molecular weight excluding hydrogens is 194 g/mol. The fourth-order valence-corrected chi connectivity index (χ4v) is 1.13. The zero-order chi connectivity index (χ0) is 11.4. The second-order valence-electron chi connectivity index (χ2n) is 3.23. The summed E-state index contributed by atoms with van der Waals surface area (Å²) in [7, 11) is 0. The Bertz CT molecular complexity index is 410. The number of hydrogen-bond donors (Lipinski definition) is 1. The summed E-state index contributed by atoms with van der Waals surface area (Å²) in [6, 6.07) is 5.31. The van der Waals surface area contributed by atoms with Gasteiger partial charge in [0, 0.05) is 12.5 Å². The summed E-state index contributed by atoms with van der Waals surface area (Å²) in [5.41, 5.74) is 1.78. The van der Waals surface area contributed by atoms with Gasteiger partial charge in [-0.05, 0) is 25.5 Å². The molecule has 1 aromatic carbocycles. The Balaban J connectivity index is 3.00. The third-order valence-electron chi connectivity index (χ3n) is 1.94. The van der Waals surface area contributed by atoms with Crippen molar-refractivity contribution in [2.45, 2.75) is 20.8 Å². The molecule has 0 saturated carbocycles. The zero-order valence-electron chi connectivity index (χ0n) is 8.94. The van der Waals surface area contributed by atoms with Gasteiger partial charge in [0.05, 0.1) is 5.71 Å². The van der Waals surface area contributed by atoms with Gasteiger partial charge >= 0.3 is 5.97 Å². The Hall–Kier alpha value is -1.84. The first-order valence-corrected chi connectivity index (χ1v) is 4.53. The molecule has 80 valence electrons. The average molecular weight is 207 g/mol. The number of aryl methyl sites for hydroxylation is 1. The molecule has 1 aromatic rings. The maximum atomic E-state index is 10.5. The van der Waals surface area contributed by atoms with Crippen LogP contribution in [0.5, 0.6) is 5.75 Å². The molecule has 0 aromatic heterocycles. The van der Waals surface area contributed by atoms with E-state index in [4.69, 9.17) is 0 Å². The molecule has 15 heavy (non-hydrogen) atoms. The van der Waals surface area contributed by atoms with E-state index in [1.54, 1.807) is 32.0 Å². The first kappa shape index (κ1) is 11.2. The number of rotatable bonds is 2. The fourth-order valence-electron chi connectivity index (χ4n) is 1.13. The number of para-hydroxylation sites is 1. The Morgan fingerprint density at radius 2 is 2.07 bits per heavy atom. The molecule has 1 N–H and O–H groups in total. The highest BCUT2D eigenvalue weighted by Gasteiger charge is 2.07. The molecule has 0 fully saturated rings. The van der Waals surface area contributed by atoms with Crippen LogP contribution in [0.4, 0.5) is 0 Å². The van der Waals surface area contributed by atoms with E-state index in [9.17, 15) is 9.90 Å². The van der Waals surface area contributed by atoms with Crippen LogP contribution in [0, 0.1) is 6.92 Å². The van der Waals surface area contributed by atoms with Gasteiger partial charge in [0.1, 0.15) is 5.75 Å². The van der Waals surface area contributed by atoms with Gasteiger partial charge in [-0.1, -0.05) is 17.3 Å². The summed E-state index contributed by atoms with van der Waals surface area (Å²) in [4.78, 5) is 15.0. The number of carbonyl (C=O) groups is 1. The highest BCUT2D eigenvalue weighted by atomic mass is 16.7. The molecule has 1 rings (SSSR count). The normalized spacial score (nSPS) is 11.3. The minimum Gasteiger partial charge on any atom is -0.507 e. The van der Waals surface area contributed by atoms with Crippen LogP contribution in [0.25, 0.3) is 0 Å². The number of carbonyl (C=O) groups excluding carboxylic acids is 1. The summed E-state index contributed by atoms with van der Waals surface area (Å²) in [5, 5.41) is 13.3. The van der Waals surface area contributed by atoms with E-state index in [1.165, 1.54) is 6.92 Å². The van der Waals surface area contributed by atoms with Crippen molar-refractivity contribution in [3.05, 3.63) is 29.3 Å². The Kier molecular flexibility index (Phi) is 3.44. The first-order valence-electron chi connectivity index (χ1n) is 4.53. The standard InChI is InChI=1S/C11H13NO3/c1-7-5-4-6-10(11(7)14)8(2)12-15-9(3)13/h4-6,14H,1-3H3/b12-8+. The molecule has 4 nitrogen and oxygen atoms in total. The number of hydrogen-bond acceptors (Lipinski definition) is 4. The molecule has 4 heteroatoms. The van der Waals surface area contributed by atoms with Gasteiger partial charge in [-0.3, -0.25) is 0 Å². The molecule has 0 heterocycles. The molecule has 0 spiro atoms. The number of benzene rings is 1. The molecule has 0 aliphatic carbocycles. The third kappa shape index (κ3) is 2.80. The second kappa shape index (κ2) is 4.59. The molecule has 0 radical (unpaired) electrons. The smallest absolute Gasteiger partial charge is 0.331 e. The lowest BCUT2D eigenvalue weighted by Crippen LogP contribution is -2.00. The van der Waals surface area contributed by atoms with E-state index in [0.717, 1.165) is 5.56 Å². The minimum atomic E-state index is -0.485. The summed E-state index contributed by atoms with van der Waals surface area (Å²) in [6.07, 6.45) is 0. The van der Waals surface area contributed by atoms with E-state index in [-0.39, 0.29) is 5.75 Å². The third-order valence-corrected chi connectivity index (χ3v) is 1.94. The van der Waals surface area contributed by atoms with E-state index in [0.29, 0.717) is 11.3 Å². The van der Waals surface area contributed by atoms with Crippen molar-refractivity contribution >= 4 is 11.7 Å². The van der Waals surface area contributed by atoms with E-state index in [2.05, 4.69) is 9.99 Å². The van der Waals surface area contributed by atoms with Crippen molar-refractivity contribution in [2.75, 3.05) is 0 Å². The predicted molar refractivity (Wildman–Crippen MR) is 56.8 cm³/mol. The summed E-state index contributed by atoms with van der Waals surface area (Å²) in [5.74, 6) is -0.326. The number of aromatic hydroxyl groups is 1. The van der Waals surface area contributed by atoms with Crippen molar-refractivity contribution in [3.63, 3.8) is 0 Å². The van der Waals surface area contributed by atoms with Crippen LogP contribution in [0.2, 0.25) is 0 Å². The molecule has 0 aliphatic heterocycles. The van der Waals surface area contributed by atoms with Gasteiger partial charge in [0.15, 0.2) is 0 Å². The molecule has 0 bridgehead atoms. The monoisotopic (exact) mass is 207 g/mol. The van der Waals surface area contributed by atoms with Crippen molar-refractivity contribution in [1.29, 1.82) is 0 Å². The van der Waals surface area contributed by atoms with E-state index >= 15 is 0 Å². The zero-order valence-corrected chi connectivity index (χ0v) is 8.94. The van der Waals surface area contributed by atoms with Crippen molar-refractivity contribution in [3.8, 4) is 5.75 Å². The first-order chi connectivity index (χ1) is 7.02. The van der Waals surface area contributed by atoms with Gasteiger partial charge in [0.25, 0.3) is 0 Å².